The third-order valence-electron chi connectivity index (χ3n) is 3.92. The van der Waals surface area contributed by atoms with E-state index < -0.39 is 0 Å². The second-order valence-corrected chi connectivity index (χ2v) is 5.07. The average molecular weight is 243 g/mol. The number of hydrogen-bond acceptors (Lipinski definition) is 3. The first-order valence-corrected chi connectivity index (χ1v) is 6.62. The van der Waals surface area contributed by atoms with Gasteiger partial charge >= 0.3 is 0 Å². The normalized spacial score (nSPS) is 20.8. The smallest absolute Gasteiger partial charge is 0.101 e. The number of benzene rings is 1. The van der Waals surface area contributed by atoms with Crippen LogP contribution >= 0.6 is 0 Å². The third kappa shape index (κ3) is 2.34. The lowest BCUT2D eigenvalue weighted by molar-refractivity contribution is 0.213. The van der Waals surface area contributed by atoms with Crippen LogP contribution in [0.2, 0.25) is 0 Å². The molecule has 1 aromatic carbocycles. The molecule has 2 rings (SSSR count). The van der Waals surface area contributed by atoms with E-state index in [4.69, 9.17) is 0 Å². The highest BCUT2D eigenvalue weighted by atomic mass is 15.3. The number of piperazine rings is 1. The quantitative estimate of drug-likeness (QED) is 0.799. The fourth-order valence-electron chi connectivity index (χ4n) is 2.76. The van der Waals surface area contributed by atoms with Crippen LogP contribution in [0.1, 0.15) is 24.5 Å². The van der Waals surface area contributed by atoms with E-state index in [-0.39, 0.29) is 0 Å². The molecule has 18 heavy (non-hydrogen) atoms. The van der Waals surface area contributed by atoms with Gasteiger partial charge in [-0.1, -0.05) is 19.1 Å². The van der Waals surface area contributed by atoms with E-state index in [2.05, 4.69) is 42.8 Å². The second kappa shape index (κ2) is 5.41. The zero-order valence-electron chi connectivity index (χ0n) is 11.5. The summed E-state index contributed by atoms with van der Waals surface area (Å²) in [5.41, 5.74) is 3.13. The molecule has 0 saturated carbocycles. The molecule has 0 aliphatic carbocycles. The summed E-state index contributed by atoms with van der Waals surface area (Å²) in [6, 6.07) is 8.88. The topological polar surface area (TPSA) is 30.3 Å². The molecule has 1 aliphatic rings. The van der Waals surface area contributed by atoms with Crippen molar-refractivity contribution < 1.29 is 0 Å². The van der Waals surface area contributed by atoms with Crippen molar-refractivity contribution in [1.82, 2.24) is 4.90 Å². The largest absolute Gasteiger partial charge is 0.367 e. The van der Waals surface area contributed by atoms with Crippen LogP contribution in [0.25, 0.3) is 0 Å². The second-order valence-electron chi connectivity index (χ2n) is 5.07. The van der Waals surface area contributed by atoms with Crippen molar-refractivity contribution >= 4 is 5.69 Å². The Labute approximate surface area is 110 Å². The predicted molar refractivity (Wildman–Crippen MR) is 74.8 cm³/mol. The Morgan fingerprint density at radius 2 is 2.17 bits per heavy atom. The van der Waals surface area contributed by atoms with E-state index in [1.165, 1.54) is 5.56 Å². The van der Waals surface area contributed by atoms with Crippen molar-refractivity contribution in [3.63, 3.8) is 0 Å². The Hall–Kier alpha value is -1.53. The highest BCUT2D eigenvalue weighted by molar-refractivity contribution is 5.64. The number of nitrogens with zero attached hydrogens (tertiary/aromatic N) is 3. The van der Waals surface area contributed by atoms with Crippen LogP contribution in [0.5, 0.6) is 0 Å². The van der Waals surface area contributed by atoms with Crippen molar-refractivity contribution in [2.75, 3.05) is 31.6 Å². The fourth-order valence-corrected chi connectivity index (χ4v) is 2.76. The van der Waals surface area contributed by atoms with Crippen molar-refractivity contribution in [1.29, 1.82) is 5.26 Å². The predicted octanol–water partition coefficient (Wildman–Crippen LogP) is 2.40. The van der Waals surface area contributed by atoms with E-state index in [9.17, 15) is 5.26 Å². The molecule has 0 amide bonds. The minimum Gasteiger partial charge on any atom is -0.367 e. The minimum atomic E-state index is 0.588. The van der Waals surface area contributed by atoms with Crippen molar-refractivity contribution in [2.45, 2.75) is 26.3 Å². The minimum absolute atomic E-state index is 0.588. The molecular formula is C15H21N3. The maximum absolute atomic E-state index is 9.26. The molecule has 1 unspecified atom stereocenters. The van der Waals surface area contributed by atoms with Gasteiger partial charge in [0.2, 0.25) is 0 Å². The number of nitriles is 1. The number of hydrogen-bond donors (Lipinski definition) is 0. The lowest BCUT2D eigenvalue weighted by Gasteiger charge is -2.41. The molecular weight excluding hydrogens is 222 g/mol. The molecule has 0 aromatic heterocycles. The summed E-state index contributed by atoms with van der Waals surface area (Å²) in [5.74, 6) is 0. The summed E-state index contributed by atoms with van der Waals surface area (Å²) in [4.78, 5) is 4.79. The number of rotatable bonds is 2. The van der Waals surface area contributed by atoms with Crippen molar-refractivity contribution in [2.24, 2.45) is 0 Å². The highest BCUT2D eigenvalue weighted by Crippen LogP contribution is 2.27. The Balaban J connectivity index is 2.30. The molecule has 96 valence electrons. The Kier molecular flexibility index (Phi) is 3.88. The Morgan fingerprint density at radius 1 is 1.39 bits per heavy atom. The van der Waals surface area contributed by atoms with Crippen LogP contribution < -0.4 is 4.90 Å². The summed E-state index contributed by atoms with van der Waals surface area (Å²) in [6.45, 7) is 7.42. The van der Waals surface area contributed by atoms with E-state index >= 15 is 0 Å². The first kappa shape index (κ1) is 12.9. The molecule has 1 aromatic rings. The van der Waals surface area contributed by atoms with E-state index in [0.717, 1.165) is 37.3 Å². The lowest BCUT2D eigenvalue weighted by Crippen LogP contribution is -2.51. The first-order valence-electron chi connectivity index (χ1n) is 6.62. The van der Waals surface area contributed by atoms with E-state index in [0.29, 0.717) is 6.04 Å². The van der Waals surface area contributed by atoms with Gasteiger partial charge in [-0.05, 0) is 32.0 Å². The molecule has 1 fully saturated rings. The SMILES string of the molecule is CCC1CN(c2c(C)cccc2C#N)CCN1C. The van der Waals surface area contributed by atoms with Gasteiger partial charge in [0.05, 0.1) is 11.3 Å². The molecule has 0 bridgehead atoms. The standard InChI is InChI=1S/C15H21N3/c1-4-14-11-18(9-8-17(14)3)15-12(2)6-5-7-13(15)10-16/h5-7,14H,4,8-9,11H2,1-3H3. The zero-order chi connectivity index (χ0) is 13.1. The Bertz CT molecular complexity index is 461. The number of likely N-dealkylation sites (N-methyl/N-ethyl adjacent to an activating group) is 1. The average Bonchev–Trinajstić information content (AvgIpc) is 2.39. The third-order valence-corrected chi connectivity index (χ3v) is 3.92. The molecule has 1 heterocycles. The number of aryl methyl sites for hydroxylation is 1. The lowest BCUT2D eigenvalue weighted by atomic mass is 10.0. The molecule has 1 aliphatic heterocycles. The van der Waals surface area contributed by atoms with Gasteiger partial charge in [0.15, 0.2) is 0 Å². The van der Waals surface area contributed by atoms with Gasteiger partial charge in [0.1, 0.15) is 6.07 Å². The maximum Gasteiger partial charge on any atom is 0.101 e. The molecule has 0 N–H and O–H groups in total. The van der Waals surface area contributed by atoms with Crippen molar-refractivity contribution in [3.05, 3.63) is 29.3 Å². The maximum atomic E-state index is 9.26. The van der Waals surface area contributed by atoms with Crippen LogP contribution in [-0.4, -0.2) is 37.6 Å². The monoisotopic (exact) mass is 243 g/mol. The van der Waals surface area contributed by atoms with E-state index in [1.807, 2.05) is 12.1 Å². The molecule has 3 heteroatoms. The highest BCUT2D eigenvalue weighted by Gasteiger charge is 2.25. The van der Waals surface area contributed by atoms with Crippen molar-refractivity contribution in [3.8, 4) is 6.07 Å². The summed E-state index contributed by atoms with van der Waals surface area (Å²) >= 11 is 0. The summed E-state index contributed by atoms with van der Waals surface area (Å²) in [6.07, 6.45) is 1.15. The van der Waals surface area contributed by atoms with Crippen LogP contribution in [0.3, 0.4) is 0 Å². The van der Waals surface area contributed by atoms with Gasteiger partial charge in [-0.25, -0.2) is 0 Å². The fraction of sp³-hybridized carbons (Fsp3) is 0.533. The van der Waals surface area contributed by atoms with Gasteiger partial charge in [-0.3, -0.25) is 4.90 Å². The summed E-state index contributed by atoms with van der Waals surface area (Å²) in [5, 5.41) is 9.26. The number of anilines is 1. The molecule has 0 spiro atoms. The molecule has 3 nitrogen and oxygen atoms in total. The van der Waals surface area contributed by atoms with Crippen LogP contribution in [-0.2, 0) is 0 Å². The van der Waals surface area contributed by atoms with E-state index in [1.54, 1.807) is 0 Å². The molecule has 1 saturated heterocycles. The molecule has 0 radical (unpaired) electrons. The Morgan fingerprint density at radius 3 is 2.83 bits per heavy atom. The van der Waals surface area contributed by atoms with Gasteiger partial charge in [0, 0.05) is 25.7 Å². The van der Waals surface area contributed by atoms with Gasteiger partial charge in [-0.2, -0.15) is 5.26 Å². The molecule has 1 atom stereocenters. The first-order chi connectivity index (χ1) is 8.67. The zero-order valence-corrected chi connectivity index (χ0v) is 11.5. The summed E-state index contributed by atoms with van der Waals surface area (Å²) < 4.78 is 0. The van der Waals surface area contributed by atoms with Crippen LogP contribution in [0, 0.1) is 18.3 Å². The van der Waals surface area contributed by atoms with Crippen LogP contribution in [0.15, 0.2) is 18.2 Å². The van der Waals surface area contributed by atoms with Gasteiger partial charge < -0.3 is 4.90 Å². The number of para-hydroxylation sites is 1. The summed E-state index contributed by atoms with van der Waals surface area (Å²) in [7, 11) is 2.19. The van der Waals surface area contributed by atoms with Gasteiger partial charge in [0.25, 0.3) is 0 Å². The van der Waals surface area contributed by atoms with Crippen LogP contribution in [0.4, 0.5) is 5.69 Å². The van der Waals surface area contributed by atoms with Gasteiger partial charge in [-0.15, -0.1) is 0 Å².